The topological polar surface area (TPSA) is 56.7 Å². The molecule has 2 rings (SSSR count). The average molecular weight is 346 g/mol. The van der Waals surface area contributed by atoms with E-state index in [0.717, 1.165) is 26.9 Å². The van der Waals surface area contributed by atoms with E-state index in [1.807, 2.05) is 23.6 Å². The molecule has 84 valence electrons. The molecule has 0 unspecified atom stereocenters. The molecule has 0 aliphatic heterocycles. The molecule has 16 heavy (non-hydrogen) atoms. The summed E-state index contributed by atoms with van der Waals surface area (Å²) < 4.78 is 3.75. The van der Waals surface area contributed by atoms with E-state index in [-0.39, 0.29) is 0 Å². The highest BCUT2D eigenvalue weighted by atomic mass is 79.9. The van der Waals surface area contributed by atoms with Gasteiger partial charge in [-0.1, -0.05) is 15.9 Å². The standard InChI is InChI=1S/C10H10Br2N4/c1-2-16-5-14-15-10(16)7-3-6(11)4-8(12)9(7)13/h3-5H,2,13H2,1H3. The van der Waals surface area contributed by atoms with Crippen molar-refractivity contribution in [3.8, 4) is 11.4 Å². The van der Waals surface area contributed by atoms with Gasteiger partial charge in [0.05, 0.1) is 5.69 Å². The van der Waals surface area contributed by atoms with E-state index >= 15 is 0 Å². The lowest BCUT2D eigenvalue weighted by Crippen LogP contribution is -2.00. The second-order valence-corrected chi connectivity index (χ2v) is 5.06. The highest BCUT2D eigenvalue weighted by Crippen LogP contribution is 2.34. The highest BCUT2D eigenvalue weighted by molar-refractivity contribution is 9.11. The minimum absolute atomic E-state index is 0.672. The number of nitrogens with two attached hydrogens (primary N) is 1. The van der Waals surface area contributed by atoms with Crippen molar-refractivity contribution in [2.75, 3.05) is 5.73 Å². The van der Waals surface area contributed by atoms with Crippen LogP contribution < -0.4 is 5.73 Å². The normalized spacial score (nSPS) is 10.7. The molecule has 0 amide bonds. The van der Waals surface area contributed by atoms with Gasteiger partial charge in [0, 0.05) is 21.1 Å². The lowest BCUT2D eigenvalue weighted by Gasteiger charge is -2.08. The Morgan fingerprint density at radius 1 is 1.38 bits per heavy atom. The maximum atomic E-state index is 6.02. The molecule has 4 nitrogen and oxygen atoms in total. The molecule has 6 heteroatoms. The summed E-state index contributed by atoms with van der Waals surface area (Å²) in [6.07, 6.45) is 1.70. The number of hydrogen-bond donors (Lipinski definition) is 1. The Balaban J connectivity index is 2.64. The average Bonchev–Trinajstić information content (AvgIpc) is 2.71. The summed E-state index contributed by atoms with van der Waals surface area (Å²) in [7, 11) is 0. The minimum atomic E-state index is 0.672. The van der Waals surface area contributed by atoms with E-state index in [4.69, 9.17) is 5.73 Å². The van der Waals surface area contributed by atoms with E-state index < -0.39 is 0 Å². The van der Waals surface area contributed by atoms with Crippen LogP contribution in [0.2, 0.25) is 0 Å². The predicted molar refractivity (Wildman–Crippen MR) is 70.9 cm³/mol. The number of nitrogen functional groups attached to an aromatic ring is 1. The van der Waals surface area contributed by atoms with Crippen molar-refractivity contribution in [1.29, 1.82) is 0 Å². The smallest absolute Gasteiger partial charge is 0.165 e. The fraction of sp³-hybridized carbons (Fsp3) is 0.200. The van der Waals surface area contributed by atoms with Crippen LogP contribution in [-0.4, -0.2) is 14.8 Å². The summed E-state index contributed by atoms with van der Waals surface area (Å²) >= 11 is 6.85. The van der Waals surface area contributed by atoms with Crippen LogP contribution in [-0.2, 0) is 6.54 Å². The Morgan fingerprint density at radius 2 is 2.12 bits per heavy atom. The third-order valence-electron chi connectivity index (χ3n) is 2.29. The maximum absolute atomic E-state index is 6.02. The van der Waals surface area contributed by atoms with E-state index in [0.29, 0.717) is 5.69 Å². The molecule has 0 spiro atoms. The number of anilines is 1. The van der Waals surface area contributed by atoms with Crippen LogP contribution in [0.25, 0.3) is 11.4 Å². The minimum Gasteiger partial charge on any atom is -0.397 e. The van der Waals surface area contributed by atoms with Gasteiger partial charge < -0.3 is 10.3 Å². The SMILES string of the molecule is CCn1cnnc1-c1cc(Br)cc(Br)c1N. The Morgan fingerprint density at radius 3 is 2.81 bits per heavy atom. The van der Waals surface area contributed by atoms with E-state index in [2.05, 4.69) is 42.1 Å². The summed E-state index contributed by atoms with van der Waals surface area (Å²) in [6, 6.07) is 3.85. The maximum Gasteiger partial charge on any atom is 0.165 e. The summed E-state index contributed by atoms with van der Waals surface area (Å²) in [4.78, 5) is 0. The predicted octanol–water partition coefficient (Wildman–Crippen LogP) is 3.07. The number of aromatic nitrogens is 3. The molecule has 0 saturated carbocycles. The molecule has 0 aliphatic carbocycles. The van der Waals surface area contributed by atoms with Crippen LogP contribution >= 0.6 is 31.9 Å². The molecule has 0 radical (unpaired) electrons. The molecule has 0 bridgehead atoms. The number of aryl methyl sites for hydroxylation is 1. The van der Waals surface area contributed by atoms with Crippen LogP contribution in [0.1, 0.15) is 6.92 Å². The first-order valence-electron chi connectivity index (χ1n) is 4.76. The van der Waals surface area contributed by atoms with Crippen molar-refractivity contribution in [2.45, 2.75) is 13.5 Å². The molecule has 0 atom stereocenters. The molecular formula is C10H10Br2N4. The quantitative estimate of drug-likeness (QED) is 0.851. The van der Waals surface area contributed by atoms with Gasteiger partial charge in [0.1, 0.15) is 6.33 Å². The molecule has 1 aromatic carbocycles. The Kier molecular flexibility index (Phi) is 3.30. The van der Waals surface area contributed by atoms with Gasteiger partial charge in [-0.3, -0.25) is 0 Å². The van der Waals surface area contributed by atoms with Crippen LogP contribution in [0.5, 0.6) is 0 Å². The van der Waals surface area contributed by atoms with Crippen LogP contribution in [0, 0.1) is 0 Å². The first-order chi connectivity index (χ1) is 7.63. The number of halogens is 2. The van der Waals surface area contributed by atoms with Gasteiger partial charge >= 0.3 is 0 Å². The van der Waals surface area contributed by atoms with Gasteiger partial charge in [-0.25, -0.2) is 0 Å². The van der Waals surface area contributed by atoms with Crippen molar-refractivity contribution >= 4 is 37.5 Å². The largest absolute Gasteiger partial charge is 0.397 e. The number of hydrogen-bond acceptors (Lipinski definition) is 3. The second-order valence-electron chi connectivity index (χ2n) is 3.29. The fourth-order valence-corrected chi connectivity index (χ4v) is 2.69. The number of benzene rings is 1. The lowest BCUT2D eigenvalue weighted by atomic mass is 10.1. The lowest BCUT2D eigenvalue weighted by molar-refractivity contribution is 0.767. The third-order valence-corrected chi connectivity index (χ3v) is 3.41. The highest BCUT2D eigenvalue weighted by Gasteiger charge is 2.12. The first kappa shape index (κ1) is 11.6. The van der Waals surface area contributed by atoms with Gasteiger partial charge in [-0.15, -0.1) is 10.2 Å². The zero-order valence-corrected chi connectivity index (χ0v) is 11.8. The molecule has 1 aromatic heterocycles. The molecule has 0 saturated heterocycles. The van der Waals surface area contributed by atoms with Gasteiger partial charge in [0.15, 0.2) is 5.82 Å². The summed E-state index contributed by atoms with van der Waals surface area (Å²) in [5.74, 6) is 0.780. The van der Waals surface area contributed by atoms with Crippen LogP contribution in [0.4, 0.5) is 5.69 Å². The van der Waals surface area contributed by atoms with E-state index in [1.165, 1.54) is 0 Å². The molecule has 2 aromatic rings. The van der Waals surface area contributed by atoms with E-state index in [1.54, 1.807) is 6.33 Å². The van der Waals surface area contributed by atoms with Crippen molar-refractivity contribution < 1.29 is 0 Å². The Labute approximate surface area is 110 Å². The number of rotatable bonds is 2. The fourth-order valence-electron chi connectivity index (χ4n) is 1.46. The molecule has 0 fully saturated rings. The van der Waals surface area contributed by atoms with Crippen molar-refractivity contribution in [3.63, 3.8) is 0 Å². The molecular weight excluding hydrogens is 336 g/mol. The van der Waals surface area contributed by atoms with Gasteiger partial charge in [-0.05, 0) is 35.0 Å². The van der Waals surface area contributed by atoms with Gasteiger partial charge in [-0.2, -0.15) is 0 Å². The van der Waals surface area contributed by atoms with Crippen LogP contribution in [0.3, 0.4) is 0 Å². The monoisotopic (exact) mass is 344 g/mol. The Hall–Kier alpha value is -0.880. The summed E-state index contributed by atoms with van der Waals surface area (Å²) in [6.45, 7) is 2.85. The zero-order chi connectivity index (χ0) is 11.7. The summed E-state index contributed by atoms with van der Waals surface area (Å²) in [5.41, 5.74) is 7.57. The van der Waals surface area contributed by atoms with Crippen molar-refractivity contribution in [3.05, 3.63) is 27.4 Å². The molecule has 1 heterocycles. The first-order valence-corrected chi connectivity index (χ1v) is 6.34. The summed E-state index contributed by atoms with van der Waals surface area (Å²) in [5, 5.41) is 7.99. The second kappa shape index (κ2) is 4.55. The Bertz CT molecular complexity index is 522. The zero-order valence-electron chi connectivity index (χ0n) is 8.61. The van der Waals surface area contributed by atoms with E-state index in [9.17, 15) is 0 Å². The van der Waals surface area contributed by atoms with Crippen molar-refractivity contribution in [2.24, 2.45) is 0 Å². The van der Waals surface area contributed by atoms with Gasteiger partial charge in [0.25, 0.3) is 0 Å². The molecule has 2 N–H and O–H groups in total. The third kappa shape index (κ3) is 1.99. The van der Waals surface area contributed by atoms with Crippen LogP contribution in [0.15, 0.2) is 27.4 Å². The van der Waals surface area contributed by atoms with Crippen molar-refractivity contribution in [1.82, 2.24) is 14.8 Å². The number of nitrogens with zero attached hydrogens (tertiary/aromatic N) is 3. The molecule has 0 aliphatic rings. The van der Waals surface area contributed by atoms with Gasteiger partial charge in [0.2, 0.25) is 0 Å².